The molecule has 0 saturated carbocycles. The number of carboxylic acids is 2. The highest BCUT2D eigenvalue weighted by Gasteiger charge is 2.14. The third-order valence-electron chi connectivity index (χ3n) is 6.06. The summed E-state index contributed by atoms with van der Waals surface area (Å²) in [7, 11) is 0. The van der Waals surface area contributed by atoms with Crippen LogP contribution < -0.4 is 9.47 Å². The molecule has 8 nitrogen and oxygen atoms in total. The fourth-order valence-electron chi connectivity index (χ4n) is 3.88. The molecule has 10 heteroatoms. The second-order valence-electron chi connectivity index (χ2n) is 9.17. The molecule has 218 valence electrons. The quantitative estimate of drug-likeness (QED) is 0.118. The lowest BCUT2D eigenvalue weighted by Gasteiger charge is -2.09. The Kier molecular flexibility index (Phi) is 9.43. The van der Waals surface area contributed by atoms with Crippen molar-refractivity contribution in [3.63, 3.8) is 0 Å². The van der Waals surface area contributed by atoms with Crippen LogP contribution in [0.2, 0.25) is 0 Å². The largest absolute Gasteiger partial charge is 0.478 e. The third kappa shape index (κ3) is 7.94. The van der Waals surface area contributed by atoms with Crippen LogP contribution in [0.1, 0.15) is 41.4 Å². The number of hydrogen-bond acceptors (Lipinski definition) is 8. The number of ether oxygens (including phenoxy) is 2. The van der Waals surface area contributed by atoms with Crippen molar-refractivity contribution >= 4 is 47.4 Å². The van der Waals surface area contributed by atoms with Crippen LogP contribution in [0.4, 0.5) is 0 Å². The number of rotatable bonds is 10. The summed E-state index contributed by atoms with van der Waals surface area (Å²) in [5.74, 6) is -2.52. The van der Waals surface area contributed by atoms with E-state index in [-0.39, 0.29) is 22.3 Å². The van der Waals surface area contributed by atoms with Crippen molar-refractivity contribution in [3.8, 4) is 11.5 Å². The molecular formula is C34H22O8S2. The molecule has 0 heterocycles. The minimum atomic E-state index is -0.995. The number of esters is 2. The summed E-state index contributed by atoms with van der Waals surface area (Å²) in [5, 5.41) is 18.1. The van der Waals surface area contributed by atoms with E-state index in [4.69, 9.17) is 19.7 Å². The molecule has 0 fully saturated rings. The van der Waals surface area contributed by atoms with Crippen LogP contribution in [-0.2, 0) is 0 Å². The van der Waals surface area contributed by atoms with Gasteiger partial charge in [0.1, 0.15) is 11.5 Å². The molecule has 44 heavy (non-hydrogen) atoms. The van der Waals surface area contributed by atoms with E-state index in [9.17, 15) is 19.2 Å². The fraction of sp³-hybridized carbons (Fsp3) is 0. The van der Waals surface area contributed by atoms with Gasteiger partial charge in [0.05, 0.1) is 22.3 Å². The normalized spacial score (nSPS) is 10.5. The van der Waals surface area contributed by atoms with E-state index < -0.39 is 23.9 Å². The highest BCUT2D eigenvalue weighted by Crippen LogP contribution is 2.32. The highest BCUT2D eigenvalue weighted by molar-refractivity contribution is 7.99. The predicted octanol–water partition coefficient (Wildman–Crippen LogP) is 7.82. The second-order valence-corrected chi connectivity index (χ2v) is 11.5. The van der Waals surface area contributed by atoms with Gasteiger partial charge < -0.3 is 19.7 Å². The lowest BCUT2D eigenvalue weighted by Crippen LogP contribution is -2.11. The molecule has 0 saturated heterocycles. The average Bonchev–Trinajstić information content (AvgIpc) is 3.02. The van der Waals surface area contributed by atoms with E-state index in [0.717, 1.165) is 19.6 Å². The molecule has 2 N–H and O–H groups in total. The summed E-state index contributed by atoms with van der Waals surface area (Å²) >= 11 is 2.79. The fourth-order valence-corrected chi connectivity index (χ4v) is 5.61. The molecule has 0 aliphatic carbocycles. The predicted molar refractivity (Wildman–Crippen MR) is 164 cm³/mol. The van der Waals surface area contributed by atoms with Gasteiger partial charge in [-0.1, -0.05) is 35.7 Å². The Morgan fingerprint density at radius 3 is 1.11 bits per heavy atom. The van der Waals surface area contributed by atoms with Gasteiger partial charge in [0, 0.05) is 19.6 Å². The standard InChI is InChI=1S/C34H22O8S2/c35-31(36)21-11-15-27(16-12-21)43-29-5-1-3-25(19-29)41-33(39)23-7-9-24(10-8-23)34(40)42-26-4-2-6-30(20-26)44-28-17-13-22(14-18-28)32(37)38/h1-20H,(H,35,36)(H,37,38). The average molecular weight is 623 g/mol. The molecule has 5 rings (SSSR count). The van der Waals surface area contributed by atoms with Crippen molar-refractivity contribution in [3.05, 3.63) is 144 Å². The van der Waals surface area contributed by atoms with Crippen molar-refractivity contribution < 1.29 is 38.9 Å². The molecule has 0 amide bonds. The zero-order valence-electron chi connectivity index (χ0n) is 22.7. The van der Waals surface area contributed by atoms with E-state index >= 15 is 0 Å². The first-order chi connectivity index (χ1) is 21.2. The summed E-state index contributed by atoms with van der Waals surface area (Å²) in [6.07, 6.45) is 0. The van der Waals surface area contributed by atoms with Crippen molar-refractivity contribution in [2.45, 2.75) is 19.6 Å². The lowest BCUT2D eigenvalue weighted by molar-refractivity contribution is 0.0686. The first-order valence-electron chi connectivity index (χ1n) is 13.0. The Morgan fingerprint density at radius 1 is 0.432 bits per heavy atom. The summed E-state index contributed by atoms with van der Waals surface area (Å²) in [5.41, 5.74) is 0.889. The Labute approximate surface area is 260 Å². The number of hydrogen-bond donors (Lipinski definition) is 2. The molecule has 0 radical (unpaired) electrons. The van der Waals surface area contributed by atoms with Gasteiger partial charge in [-0.3, -0.25) is 0 Å². The molecule has 0 atom stereocenters. The molecule has 0 bridgehead atoms. The molecule has 5 aromatic carbocycles. The number of carbonyl (C=O) groups excluding carboxylic acids is 2. The van der Waals surface area contributed by atoms with Crippen LogP contribution in [0.15, 0.2) is 141 Å². The summed E-state index contributed by atoms with van der Waals surface area (Å²) in [6.45, 7) is 0. The van der Waals surface area contributed by atoms with Crippen LogP contribution in [0.3, 0.4) is 0 Å². The van der Waals surface area contributed by atoms with Crippen molar-refractivity contribution in [1.82, 2.24) is 0 Å². The Bertz CT molecular complexity index is 1700. The smallest absolute Gasteiger partial charge is 0.343 e. The van der Waals surface area contributed by atoms with Gasteiger partial charge in [-0.05, 0) is 109 Å². The van der Waals surface area contributed by atoms with Crippen LogP contribution in [0.25, 0.3) is 0 Å². The molecule has 0 unspecified atom stereocenters. The lowest BCUT2D eigenvalue weighted by atomic mass is 10.1. The highest BCUT2D eigenvalue weighted by atomic mass is 32.2. The maximum Gasteiger partial charge on any atom is 0.343 e. The first-order valence-corrected chi connectivity index (χ1v) is 14.6. The van der Waals surface area contributed by atoms with Crippen molar-refractivity contribution in [1.29, 1.82) is 0 Å². The van der Waals surface area contributed by atoms with Crippen LogP contribution in [0, 0.1) is 0 Å². The maximum absolute atomic E-state index is 12.8. The minimum Gasteiger partial charge on any atom is -0.478 e. The molecule has 5 aromatic rings. The van der Waals surface area contributed by atoms with Crippen LogP contribution in [0.5, 0.6) is 11.5 Å². The zero-order chi connectivity index (χ0) is 31.1. The summed E-state index contributed by atoms with van der Waals surface area (Å²) in [6, 6.07) is 32.8. The molecular weight excluding hydrogens is 601 g/mol. The van der Waals surface area contributed by atoms with Gasteiger partial charge in [0.15, 0.2) is 0 Å². The topological polar surface area (TPSA) is 127 Å². The maximum atomic E-state index is 12.8. The van der Waals surface area contributed by atoms with Crippen molar-refractivity contribution in [2.75, 3.05) is 0 Å². The second kappa shape index (κ2) is 13.8. The number of aromatic carboxylic acids is 2. The number of benzene rings is 5. The molecule has 0 aromatic heterocycles. The van der Waals surface area contributed by atoms with Gasteiger partial charge in [0.2, 0.25) is 0 Å². The van der Waals surface area contributed by atoms with E-state index in [1.165, 1.54) is 72.1 Å². The Morgan fingerprint density at radius 2 is 0.773 bits per heavy atom. The van der Waals surface area contributed by atoms with Gasteiger partial charge in [-0.15, -0.1) is 0 Å². The van der Waals surface area contributed by atoms with E-state index in [2.05, 4.69) is 0 Å². The number of carbonyl (C=O) groups is 4. The summed E-state index contributed by atoms with van der Waals surface area (Å²) in [4.78, 5) is 50.9. The van der Waals surface area contributed by atoms with Gasteiger partial charge in [0.25, 0.3) is 0 Å². The Hall–Kier alpha value is -5.32. The Balaban J connectivity index is 1.17. The first kappa shape index (κ1) is 30.1. The monoisotopic (exact) mass is 622 g/mol. The van der Waals surface area contributed by atoms with Crippen molar-refractivity contribution in [2.24, 2.45) is 0 Å². The van der Waals surface area contributed by atoms with Crippen LogP contribution >= 0.6 is 23.5 Å². The van der Waals surface area contributed by atoms with Gasteiger partial charge in [-0.2, -0.15) is 0 Å². The number of carboxylic acid groups (broad SMARTS) is 2. The zero-order valence-corrected chi connectivity index (χ0v) is 24.3. The molecule has 0 aliphatic rings. The molecule has 0 aliphatic heterocycles. The minimum absolute atomic E-state index is 0.198. The van der Waals surface area contributed by atoms with Gasteiger partial charge in [-0.25, -0.2) is 19.2 Å². The molecule has 0 spiro atoms. The van der Waals surface area contributed by atoms with E-state index in [1.807, 2.05) is 12.1 Å². The third-order valence-corrected chi connectivity index (χ3v) is 8.06. The van der Waals surface area contributed by atoms with E-state index in [1.54, 1.807) is 60.7 Å². The summed E-state index contributed by atoms with van der Waals surface area (Å²) < 4.78 is 11.1. The van der Waals surface area contributed by atoms with E-state index in [0.29, 0.717) is 11.5 Å². The SMILES string of the molecule is O=C(O)c1ccc(Sc2cccc(OC(=O)c3ccc(C(=O)Oc4cccc(Sc5ccc(C(=O)O)cc5)c4)cc3)c2)cc1. The van der Waals surface area contributed by atoms with Gasteiger partial charge >= 0.3 is 23.9 Å². The van der Waals surface area contributed by atoms with Crippen LogP contribution in [-0.4, -0.2) is 34.1 Å².